The second-order valence-corrected chi connectivity index (χ2v) is 5.54. The second-order valence-electron chi connectivity index (χ2n) is 5.54. The maximum Gasteiger partial charge on any atom is 0.307 e. The number of nitrogens with zero attached hydrogens (tertiary/aromatic N) is 2. The lowest BCUT2D eigenvalue weighted by atomic mass is 10.1. The minimum Gasteiger partial charge on any atom is -0.469 e. The highest BCUT2D eigenvalue weighted by molar-refractivity contribution is 5.94. The molecule has 2 aromatic rings. The van der Waals surface area contributed by atoms with Crippen molar-refractivity contribution in [2.24, 2.45) is 0 Å². The number of aromatic nitrogens is 2. The first-order valence-electron chi connectivity index (χ1n) is 7.42. The third-order valence-corrected chi connectivity index (χ3v) is 3.46. The Balaban J connectivity index is 2.06. The molecule has 6 nitrogen and oxygen atoms in total. The Kier molecular flexibility index (Phi) is 5.16. The molecule has 1 aromatic carbocycles. The van der Waals surface area contributed by atoms with Crippen LogP contribution in [0.15, 0.2) is 30.3 Å². The lowest BCUT2D eigenvalue weighted by molar-refractivity contribution is -0.141. The summed E-state index contributed by atoms with van der Waals surface area (Å²) in [6.45, 7) is 5.68. The van der Waals surface area contributed by atoms with Gasteiger partial charge < -0.3 is 10.1 Å². The largest absolute Gasteiger partial charge is 0.469 e. The first kappa shape index (κ1) is 16.7. The van der Waals surface area contributed by atoms with E-state index in [4.69, 9.17) is 0 Å². The summed E-state index contributed by atoms with van der Waals surface area (Å²) >= 11 is 0. The first-order valence-corrected chi connectivity index (χ1v) is 7.42. The quantitative estimate of drug-likeness (QED) is 0.858. The molecule has 0 saturated heterocycles. The molecule has 0 saturated carbocycles. The molecular weight excluding hydrogens is 294 g/mol. The van der Waals surface area contributed by atoms with Crippen LogP contribution >= 0.6 is 0 Å². The number of methoxy groups -OCH3 is 1. The Morgan fingerprint density at radius 2 is 1.91 bits per heavy atom. The van der Waals surface area contributed by atoms with Gasteiger partial charge in [0.15, 0.2) is 0 Å². The van der Waals surface area contributed by atoms with Gasteiger partial charge in [0, 0.05) is 17.3 Å². The van der Waals surface area contributed by atoms with E-state index in [1.165, 1.54) is 7.11 Å². The zero-order valence-electron chi connectivity index (χ0n) is 13.8. The van der Waals surface area contributed by atoms with Crippen LogP contribution in [0, 0.1) is 13.8 Å². The number of carbonyl (C=O) groups excluding carboxylic acids is 2. The van der Waals surface area contributed by atoms with Crippen LogP contribution in [0.3, 0.4) is 0 Å². The van der Waals surface area contributed by atoms with E-state index in [1.54, 1.807) is 19.1 Å². The molecule has 0 aliphatic heterocycles. The number of hydrogen-bond acceptors (Lipinski definition) is 4. The van der Waals surface area contributed by atoms with Gasteiger partial charge in [0.25, 0.3) is 5.91 Å². The normalized spacial score (nSPS) is 11.8. The topological polar surface area (TPSA) is 73.2 Å². The average molecular weight is 315 g/mol. The highest BCUT2D eigenvalue weighted by atomic mass is 16.5. The summed E-state index contributed by atoms with van der Waals surface area (Å²) in [5.41, 5.74) is 3.41. The average Bonchev–Trinajstić information content (AvgIpc) is 2.85. The number of ether oxygens (including phenoxy) is 1. The van der Waals surface area contributed by atoms with Crippen LogP contribution in [0.25, 0.3) is 5.69 Å². The van der Waals surface area contributed by atoms with Gasteiger partial charge in [-0.25, -0.2) is 4.68 Å². The number of esters is 1. The van der Waals surface area contributed by atoms with Crippen molar-refractivity contribution in [2.75, 3.05) is 7.11 Å². The third-order valence-electron chi connectivity index (χ3n) is 3.46. The zero-order valence-corrected chi connectivity index (χ0v) is 13.8. The van der Waals surface area contributed by atoms with Gasteiger partial charge in [-0.05, 0) is 51.1 Å². The molecule has 1 heterocycles. The van der Waals surface area contributed by atoms with Gasteiger partial charge in [0.2, 0.25) is 0 Å². The lowest BCUT2D eigenvalue weighted by Gasteiger charge is -2.13. The van der Waals surface area contributed by atoms with Crippen LogP contribution in [0.4, 0.5) is 0 Å². The Morgan fingerprint density at radius 1 is 1.26 bits per heavy atom. The number of nitrogens with one attached hydrogen (secondary N) is 1. The van der Waals surface area contributed by atoms with E-state index >= 15 is 0 Å². The molecule has 1 N–H and O–H groups in total. The predicted molar refractivity (Wildman–Crippen MR) is 86.6 cm³/mol. The van der Waals surface area contributed by atoms with Crippen molar-refractivity contribution in [1.29, 1.82) is 0 Å². The Labute approximate surface area is 135 Å². The monoisotopic (exact) mass is 315 g/mol. The lowest BCUT2D eigenvalue weighted by Crippen LogP contribution is -2.34. The minimum atomic E-state index is -0.349. The first-order chi connectivity index (χ1) is 10.9. The summed E-state index contributed by atoms with van der Waals surface area (Å²) in [6, 6.07) is 8.89. The molecule has 6 heteroatoms. The molecule has 0 spiro atoms. The second kappa shape index (κ2) is 7.09. The maximum atomic E-state index is 12.2. The molecule has 0 aliphatic rings. The summed E-state index contributed by atoms with van der Waals surface area (Å²) in [6.07, 6.45) is 0.145. The fraction of sp³-hybridized carbons (Fsp3) is 0.353. The van der Waals surface area contributed by atoms with Crippen molar-refractivity contribution < 1.29 is 14.3 Å². The van der Waals surface area contributed by atoms with Gasteiger partial charge in [0.1, 0.15) is 0 Å². The van der Waals surface area contributed by atoms with Gasteiger partial charge in [-0.3, -0.25) is 9.59 Å². The van der Waals surface area contributed by atoms with Crippen molar-refractivity contribution in [2.45, 2.75) is 33.2 Å². The SMILES string of the molecule is COC(=O)CC(C)NC(=O)c1ccc(-n2nc(C)cc2C)cc1. The highest BCUT2D eigenvalue weighted by Gasteiger charge is 2.13. The Hall–Kier alpha value is -2.63. The molecule has 0 radical (unpaired) electrons. The molecule has 1 atom stereocenters. The summed E-state index contributed by atoms with van der Waals surface area (Å²) in [4.78, 5) is 23.4. The van der Waals surface area contributed by atoms with Gasteiger partial charge in [-0.1, -0.05) is 0 Å². The van der Waals surface area contributed by atoms with E-state index in [9.17, 15) is 9.59 Å². The van der Waals surface area contributed by atoms with E-state index in [-0.39, 0.29) is 24.3 Å². The minimum absolute atomic E-state index is 0.145. The molecule has 1 amide bonds. The van der Waals surface area contributed by atoms with Crippen molar-refractivity contribution in [3.63, 3.8) is 0 Å². The number of amides is 1. The number of benzene rings is 1. The molecule has 1 unspecified atom stereocenters. The smallest absolute Gasteiger partial charge is 0.307 e. The molecule has 1 aromatic heterocycles. The summed E-state index contributed by atoms with van der Waals surface area (Å²) < 4.78 is 6.42. The van der Waals surface area contributed by atoms with Gasteiger partial charge in [0.05, 0.1) is 24.9 Å². The number of carbonyl (C=O) groups is 2. The summed E-state index contributed by atoms with van der Waals surface area (Å²) in [5.74, 6) is -0.570. The molecule has 0 fully saturated rings. The van der Waals surface area contributed by atoms with Crippen molar-refractivity contribution in [1.82, 2.24) is 15.1 Å². The van der Waals surface area contributed by atoms with Crippen LogP contribution in [-0.4, -0.2) is 34.8 Å². The van der Waals surface area contributed by atoms with Crippen molar-refractivity contribution in [3.8, 4) is 5.69 Å². The van der Waals surface area contributed by atoms with E-state index in [1.807, 2.05) is 36.7 Å². The Bertz CT molecular complexity index is 704. The number of aryl methyl sites for hydroxylation is 2. The predicted octanol–water partition coefficient (Wildman–Crippen LogP) is 2.17. The van der Waals surface area contributed by atoms with E-state index in [0.717, 1.165) is 17.1 Å². The Morgan fingerprint density at radius 3 is 2.43 bits per heavy atom. The van der Waals surface area contributed by atoms with Gasteiger partial charge in [-0.15, -0.1) is 0 Å². The summed E-state index contributed by atoms with van der Waals surface area (Å²) in [7, 11) is 1.33. The van der Waals surface area contributed by atoms with E-state index in [2.05, 4.69) is 15.2 Å². The van der Waals surface area contributed by atoms with E-state index < -0.39 is 0 Å². The van der Waals surface area contributed by atoms with Crippen LogP contribution in [0.5, 0.6) is 0 Å². The van der Waals surface area contributed by atoms with Crippen molar-refractivity contribution >= 4 is 11.9 Å². The molecule has 0 aliphatic carbocycles. The standard InChI is InChI=1S/C17H21N3O3/c1-11(10-16(21)23-4)18-17(22)14-5-7-15(8-6-14)20-13(3)9-12(2)19-20/h5-9,11H,10H2,1-4H3,(H,18,22). The maximum absolute atomic E-state index is 12.2. The van der Waals surface area contributed by atoms with E-state index in [0.29, 0.717) is 5.56 Å². The number of rotatable bonds is 5. The summed E-state index contributed by atoms with van der Waals surface area (Å²) in [5, 5.41) is 7.18. The van der Waals surface area contributed by atoms with Crippen LogP contribution < -0.4 is 5.32 Å². The van der Waals surface area contributed by atoms with Gasteiger partial charge in [-0.2, -0.15) is 5.10 Å². The molecular formula is C17H21N3O3. The zero-order chi connectivity index (χ0) is 17.0. The highest BCUT2D eigenvalue weighted by Crippen LogP contribution is 2.13. The molecule has 23 heavy (non-hydrogen) atoms. The molecule has 2 rings (SSSR count). The molecule has 122 valence electrons. The van der Waals surface area contributed by atoms with Crippen LogP contribution in [0.2, 0.25) is 0 Å². The number of hydrogen-bond donors (Lipinski definition) is 1. The fourth-order valence-corrected chi connectivity index (χ4v) is 2.34. The van der Waals surface area contributed by atoms with Gasteiger partial charge >= 0.3 is 5.97 Å². The van der Waals surface area contributed by atoms with Crippen LogP contribution in [-0.2, 0) is 9.53 Å². The molecule has 0 bridgehead atoms. The van der Waals surface area contributed by atoms with Crippen molar-refractivity contribution in [3.05, 3.63) is 47.3 Å². The fourth-order valence-electron chi connectivity index (χ4n) is 2.34. The van der Waals surface area contributed by atoms with Crippen LogP contribution in [0.1, 0.15) is 35.1 Å². The third kappa shape index (κ3) is 4.18.